The van der Waals surface area contributed by atoms with E-state index in [9.17, 15) is 0 Å². The monoisotopic (exact) mass is 354 g/mol. The van der Waals surface area contributed by atoms with Crippen LogP contribution in [0.15, 0.2) is 0 Å². The van der Waals surface area contributed by atoms with Gasteiger partial charge in [0.25, 0.3) is 0 Å². The Kier molecular flexibility index (Phi) is 2240. The Morgan fingerprint density at radius 1 is 0.474 bits per heavy atom. The Bertz CT molecular complexity index is 57.4. The SMILES string of the molecule is O.O.O.O.O.O.O.O.O.O.O.O.O=P(O)(O)O.[Na+].[OH-]. The van der Waals surface area contributed by atoms with Crippen molar-refractivity contribution in [1.29, 1.82) is 0 Å². The van der Waals surface area contributed by atoms with Crippen molar-refractivity contribution in [2.45, 2.75) is 0 Å². The fourth-order valence-electron chi connectivity index (χ4n) is 0. The first-order valence-electron chi connectivity index (χ1n) is 0.783. The van der Waals surface area contributed by atoms with Crippen LogP contribution in [0.1, 0.15) is 0 Å². The summed E-state index contributed by atoms with van der Waals surface area (Å²) in [4.78, 5) is 21.6. The topological polar surface area (TPSA) is 486 Å². The van der Waals surface area contributed by atoms with Crippen molar-refractivity contribution >= 4 is 7.82 Å². The van der Waals surface area contributed by atoms with E-state index in [1.165, 1.54) is 0 Å². The second-order valence-electron chi connectivity index (χ2n) is 0.513. The maximum atomic E-state index is 8.88. The standard InChI is InChI=1S/Na.H3O4P.13H2O/c;1-5(2,3)4;;;;;;;;;;;;;/h;(H3,1,2,3,4);13*1H2/q+1;;;;;;;;;;;;;;/p-1. The zero-order chi connectivity index (χ0) is 4.50. The summed E-state index contributed by atoms with van der Waals surface area (Å²) >= 11 is 0. The first-order chi connectivity index (χ1) is 2.00. The van der Waals surface area contributed by atoms with Crippen LogP contribution in [0.25, 0.3) is 0 Å². The smallest absolute Gasteiger partial charge is 0.870 e. The zero-order valence-electron chi connectivity index (χ0n) is 9.64. The maximum Gasteiger partial charge on any atom is 1.00 e. The van der Waals surface area contributed by atoms with Gasteiger partial charge in [-0.3, -0.25) is 0 Å². The molecule has 0 saturated heterocycles. The normalized spacial score (nSPS) is 3.11. The number of hydrogen-bond acceptors (Lipinski definition) is 2. The minimum atomic E-state index is -4.64. The van der Waals surface area contributed by atoms with Gasteiger partial charge in [0.05, 0.1) is 0 Å². The Morgan fingerprint density at radius 3 is 0.474 bits per heavy atom. The minimum absolute atomic E-state index is 0. The summed E-state index contributed by atoms with van der Waals surface area (Å²) in [5.74, 6) is 0. The van der Waals surface area contributed by atoms with Gasteiger partial charge in [0.15, 0.2) is 0 Å². The summed E-state index contributed by atoms with van der Waals surface area (Å²) in [6, 6.07) is 0. The van der Waals surface area contributed by atoms with Gasteiger partial charge in [0.2, 0.25) is 0 Å². The summed E-state index contributed by atoms with van der Waals surface area (Å²) in [6.07, 6.45) is 0. The molecule has 28 N–H and O–H groups in total. The molecule has 136 valence electrons. The Morgan fingerprint density at radius 2 is 0.474 bits per heavy atom. The predicted molar refractivity (Wildman–Crippen MR) is 59.6 cm³/mol. The van der Waals surface area contributed by atoms with Crippen molar-refractivity contribution < 1.29 is 120 Å². The number of rotatable bonds is 0. The van der Waals surface area contributed by atoms with Crippen LogP contribution in [0.2, 0.25) is 0 Å². The van der Waals surface area contributed by atoms with E-state index in [4.69, 9.17) is 19.2 Å². The molecule has 0 spiro atoms. The fraction of sp³-hybridized carbons (Fsp3) is 0. The molecule has 0 aromatic carbocycles. The molecule has 0 heterocycles. The first-order valence-corrected chi connectivity index (χ1v) is 2.35. The van der Waals surface area contributed by atoms with Crippen LogP contribution in [-0.4, -0.2) is 85.9 Å². The summed E-state index contributed by atoms with van der Waals surface area (Å²) in [6.45, 7) is 0. The van der Waals surface area contributed by atoms with Crippen molar-refractivity contribution in [2.75, 3.05) is 0 Å². The van der Waals surface area contributed by atoms with E-state index in [1.807, 2.05) is 0 Å². The van der Waals surface area contributed by atoms with Crippen LogP contribution in [0, 0.1) is 0 Å². The quantitative estimate of drug-likeness (QED) is 0.280. The molecule has 0 unspecified atom stereocenters. The molecule has 0 bridgehead atoms. The van der Waals surface area contributed by atoms with E-state index in [-0.39, 0.29) is 101 Å². The number of phosphoric acid groups is 1. The van der Waals surface area contributed by atoms with Gasteiger partial charge < -0.3 is 85.9 Å². The van der Waals surface area contributed by atoms with Gasteiger partial charge in [0.1, 0.15) is 0 Å². The molecular formula is H28NaO17P. The van der Waals surface area contributed by atoms with Crippen LogP contribution in [0.4, 0.5) is 0 Å². The average Bonchev–Trinajstić information content (AvgIpc) is 0.722. The van der Waals surface area contributed by atoms with E-state index in [0.29, 0.717) is 0 Å². The molecule has 0 rings (SSSR count). The summed E-state index contributed by atoms with van der Waals surface area (Å²) in [7, 11) is -4.64. The number of hydrogen-bond donors (Lipinski definition) is 3. The van der Waals surface area contributed by atoms with Gasteiger partial charge in [-0.25, -0.2) is 4.57 Å². The molecule has 0 aromatic rings. The minimum Gasteiger partial charge on any atom is -0.870 e. The molecule has 0 radical (unpaired) electrons. The van der Waals surface area contributed by atoms with Crippen molar-refractivity contribution in [1.82, 2.24) is 0 Å². The Balaban J connectivity index is -0.000000000879. The molecule has 0 aliphatic heterocycles. The van der Waals surface area contributed by atoms with Gasteiger partial charge in [0, 0.05) is 0 Å². The van der Waals surface area contributed by atoms with Crippen LogP contribution in [0.5, 0.6) is 0 Å². The second kappa shape index (κ2) is 132. The zero-order valence-corrected chi connectivity index (χ0v) is 12.5. The second-order valence-corrected chi connectivity index (χ2v) is 1.54. The van der Waals surface area contributed by atoms with Gasteiger partial charge >= 0.3 is 37.4 Å². The van der Waals surface area contributed by atoms with Crippen LogP contribution in [-0.2, 0) is 4.57 Å². The largest absolute Gasteiger partial charge is 1.00 e. The molecule has 0 aliphatic carbocycles. The van der Waals surface area contributed by atoms with E-state index >= 15 is 0 Å². The maximum absolute atomic E-state index is 8.88. The van der Waals surface area contributed by atoms with Gasteiger partial charge in [-0.1, -0.05) is 0 Å². The molecule has 0 amide bonds. The van der Waals surface area contributed by atoms with E-state index in [1.54, 1.807) is 0 Å². The third-order valence-electron chi connectivity index (χ3n) is 0. The Hall–Kier alpha value is 0.590. The van der Waals surface area contributed by atoms with Crippen molar-refractivity contribution in [3.8, 4) is 0 Å². The summed E-state index contributed by atoms with van der Waals surface area (Å²) in [5, 5.41) is 0. The Labute approximate surface area is 128 Å². The molecule has 0 aliphatic rings. The van der Waals surface area contributed by atoms with Crippen molar-refractivity contribution in [2.24, 2.45) is 0 Å². The van der Waals surface area contributed by atoms with E-state index < -0.39 is 7.82 Å². The third-order valence-corrected chi connectivity index (χ3v) is 0. The molecule has 0 atom stereocenters. The van der Waals surface area contributed by atoms with Crippen molar-refractivity contribution in [3.05, 3.63) is 0 Å². The molecule has 17 nitrogen and oxygen atoms in total. The molecule has 19 heavy (non-hydrogen) atoms. The van der Waals surface area contributed by atoms with E-state index in [0.717, 1.165) is 0 Å². The molecule has 19 heteroatoms. The van der Waals surface area contributed by atoms with Gasteiger partial charge in [-0.05, 0) is 0 Å². The van der Waals surface area contributed by atoms with Crippen LogP contribution < -0.4 is 29.6 Å². The third kappa shape index (κ3) is 14700. The van der Waals surface area contributed by atoms with Crippen LogP contribution in [0.3, 0.4) is 0 Å². The van der Waals surface area contributed by atoms with Gasteiger partial charge in [-0.15, -0.1) is 0 Å². The molecule has 0 fully saturated rings. The summed E-state index contributed by atoms with van der Waals surface area (Å²) in [5.41, 5.74) is 0. The predicted octanol–water partition coefficient (Wildman–Crippen LogP) is -14.0. The fourth-order valence-corrected chi connectivity index (χ4v) is 0. The summed E-state index contributed by atoms with van der Waals surface area (Å²) < 4.78 is 8.88. The van der Waals surface area contributed by atoms with E-state index in [2.05, 4.69) is 0 Å². The first kappa shape index (κ1) is 321. The molecule has 0 saturated carbocycles. The van der Waals surface area contributed by atoms with Crippen molar-refractivity contribution in [3.63, 3.8) is 0 Å². The molecule has 0 aromatic heterocycles. The molecular weight excluding hydrogens is 326 g/mol. The van der Waals surface area contributed by atoms with Crippen LogP contribution >= 0.6 is 7.82 Å². The van der Waals surface area contributed by atoms with Gasteiger partial charge in [-0.2, -0.15) is 0 Å². The average molecular weight is 354 g/mol.